The third-order valence-electron chi connectivity index (χ3n) is 3.41. The number of rotatable bonds is 7. The molecule has 4 nitrogen and oxygen atoms in total. The monoisotopic (exact) mass is 282 g/mol. The van der Waals surface area contributed by atoms with E-state index in [9.17, 15) is 0 Å². The molecule has 1 heterocycles. The largest absolute Gasteiger partial charge is 0.383 e. The quantitative estimate of drug-likeness (QED) is 0.835. The van der Waals surface area contributed by atoms with Crippen LogP contribution >= 0.6 is 11.5 Å². The molecular weight excluding hydrogens is 256 g/mol. The number of likely N-dealkylation sites (N-methyl/N-ethyl adjacent to an activating group) is 1. The summed E-state index contributed by atoms with van der Waals surface area (Å²) >= 11 is 1.58. The van der Waals surface area contributed by atoms with Crippen LogP contribution in [0.2, 0.25) is 0 Å². The summed E-state index contributed by atoms with van der Waals surface area (Å²) < 4.78 is 4.40. The molecule has 2 rings (SSSR count). The maximum absolute atomic E-state index is 6.07. The average molecular weight is 282 g/mol. The highest BCUT2D eigenvalue weighted by Gasteiger charge is 2.32. The molecule has 0 atom stereocenters. The maximum atomic E-state index is 6.07. The number of nitrogens with two attached hydrogens (primary N) is 1. The van der Waals surface area contributed by atoms with Gasteiger partial charge in [-0.05, 0) is 50.3 Å². The highest BCUT2D eigenvalue weighted by Crippen LogP contribution is 2.48. The Morgan fingerprint density at radius 1 is 1.32 bits per heavy atom. The van der Waals surface area contributed by atoms with Gasteiger partial charge in [0.05, 0.1) is 0 Å². The van der Waals surface area contributed by atoms with Gasteiger partial charge in [-0.1, -0.05) is 13.8 Å². The Morgan fingerprint density at radius 2 is 2.00 bits per heavy atom. The summed E-state index contributed by atoms with van der Waals surface area (Å²) in [6, 6.07) is 0. The molecule has 0 bridgehead atoms. The Hall–Kier alpha value is -0.810. The van der Waals surface area contributed by atoms with Crippen molar-refractivity contribution >= 4 is 22.4 Å². The molecule has 5 heteroatoms. The molecule has 0 amide bonds. The highest BCUT2D eigenvalue weighted by atomic mass is 32.1. The van der Waals surface area contributed by atoms with Gasteiger partial charge in [0.2, 0.25) is 0 Å². The van der Waals surface area contributed by atoms with Gasteiger partial charge in [-0.15, -0.1) is 0 Å². The molecule has 0 aliphatic heterocycles. The first kappa shape index (κ1) is 14.6. The third kappa shape index (κ3) is 3.83. The van der Waals surface area contributed by atoms with Gasteiger partial charge in [0.1, 0.15) is 10.8 Å². The Balaban J connectivity index is 2.16. The van der Waals surface area contributed by atoms with Crippen molar-refractivity contribution in [1.29, 1.82) is 0 Å². The molecule has 2 N–H and O–H groups in total. The molecule has 0 radical (unpaired) electrons. The smallest absolute Gasteiger partial charge is 0.142 e. The number of anilines is 2. The summed E-state index contributed by atoms with van der Waals surface area (Å²) in [6.45, 7) is 7.73. The first-order valence-corrected chi connectivity index (χ1v) is 7.91. The molecule has 19 heavy (non-hydrogen) atoms. The summed E-state index contributed by atoms with van der Waals surface area (Å²) in [5.74, 6) is 2.08. The zero-order chi connectivity index (χ0) is 14.0. The number of hydrogen-bond acceptors (Lipinski definition) is 5. The topological polar surface area (TPSA) is 45.4 Å². The lowest BCUT2D eigenvalue weighted by molar-refractivity contribution is 0.409. The van der Waals surface area contributed by atoms with Gasteiger partial charge in [-0.2, -0.15) is 4.37 Å². The second-order valence-corrected chi connectivity index (χ2v) is 6.96. The van der Waals surface area contributed by atoms with Gasteiger partial charge >= 0.3 is 0 Å². The lowest BCUT2D eigenvalue weighted by Crippen LogP contribution is -2.34. The normalized spacial score (nSPS) is 15.5. The fourth-order valence-electron chi connectivity index (χ4n) is 2.32. The lowest BCUT2D eigenvalue weighted by atomic mass is 10.1. The van der Waals surface area contributed by atoms with E-state index in [-0.39, 0.29) is 0 Å². The molecule has 1 aromatic rings. The molecule has 108 valence electrons. The van der Waals surface area contributed by atoms with Crippen molar-refractivity contribution in [3.05, 3.63) is 5.56 Å². The van der Waals surface area contributed by atoms with Gasteiger partial charge in [0, 0.05) is 25.2 Å². The van der Waals surface area contributed by atoms with Crippen molar-refractivity contribution in [2.24, 2.45) is 5.92 Å². The van der Waals surface area contributed by atoms with Crippen molar-refractivity contribution in [2.45, 2.75) is 32.6 Å². The van der Waals surface area contributed by atoms with E-state index in [4.69, 9.17) is 5.73 Å². The third-order valence-corrected chi connectivity index (χ3v) is 4.35. The second kappa shape index (κ2) is 6.09. The molecule has 1 aliphatic carbocycles. The van der Waals surface area contributed by atoms with E-state index in [1.54, 1.807) is 11.5 Å². The molecule has 0 saturated heterocycles. The molecule has 0 aromatic carbocycles. The first-order valence-electron chi connectivity index (χ1n) is 7.13. The fraction of sp³-hybridized carbons (Fsp3) is 0.786. The minimum absolute atomic E-state index is 0.650. The van der Waals surface area contributed by atoms with E-state index < -0.39 is 0 Å². The van der Waals surface area contributed by atoms with Gasteiger partial charge < -0.3 is 15.5 Å². The van der Waals surface area contributed by atoms with Crippen molar-refractivity contribution in [1.82, 2.24) is 9.27 Å². The van der Waals surface area contributed by atoms with Crippen LogP contribution in [0.25, 0.3) is 0 Å². The van der Waals surface area contributed by atoms with Gasteiger partial charge in [-0.3, -0.25) is 0 Å². The Labute approximate surface area is 120 Å². The molecule has 1 fully saturated rings. The van der Waals surface area contributed by atoms with Gasteiger partial charge in [0.25, 0.3) is 0 Å². The minimum Gasteiger partial charge on any atom is -0.383 e. The Kier molecular flexibility index (Phi) is 4.68. The maximum Gasteiger partial charge on any atom is 0.142 e. The zero-order valence-corrected chi connectivity index (χ0v) is 13.3. The summed E-state index contributed by atoms with van der Waals surface area (Å²) in [6.07, 6.45) is 2.55. The predicted octanol–water partition coefficient (Wildman–Crippen LogP) is 2.63. The van der Waals surface area contributed by atoms with Crippen LogP contribution < -0.4 is 10.6 Å². The van der Waals surface area contributed by atoms with Crippen molar-refractivity contribution in [3.63, 3.8) is 0 Å². The van der Waals surface area contributed by atoms with E-state index >= 15 is 0 Å². The van der Waals surface area contributed by atoms with Crippen LogP contribution in [0.15, 0.2) is 0 Å². The molecule has 1 aliphatic rings. The number of nitrogen functional groups attached to an aromatic ring is 1. The van der Waals surface area contributed by atoms with Crippen molar-refractivity contribution in [2.75, 3.05) is 44.4 Å². The molecular formula is C14H26N4S. The number of nitrogens with zero attached hydrogens (tertiary/aromatic N) is 3. The number of aromatic nitrogens is 1. The van der Waals surface area contributed by atoms with E-state index in [0.717, 1.165) is 25.5 Å². The molecule has 1 aromatic heterocycles. The lowest BCUT2D eigenvalue weighted by Gasteiger charge is -2.27. The summed E-state index contributed by atoms with van der Waals surface area (Å²) in [4.78, 5) is 4.71. The second-order valence-electron chi connectivity index (χ2n) is 6.20. The Bertz CT molecular complexity index is 410. The van der Waals surface area contributed by atoms with E-state index in [2.05, 4.69) is 42.1 Å². The van der Waals surface area contributed by atoms with Crippen LogP contribution in [0.3, 0.4) is 0 Å². The summed E-state index contributed by atoms with van der Waals surface area (Å²) in [5, 5.41) is 1.32. The van der Waals surface area contributed by atoms with Crippen LogP contribution in [-0.2, 0) is 0 Å². The van der Waals surface area contributed by atoms with E-state index in [0.29, 0.717) is 11.8 Å². The minimum atomic E-state index is 0.650. The molecule has 0 spiro atoms. The molecule has 1 saturated carbocycles. The average Bonchev–Trinajstić information content (AvgIpc) is 3.07. The fourth-order valence-corrected chi connectivity index (χ4v) is 3.26. The van der Waals surface area contributed by atoms with Crippen LogP contribution in [0.1, 0.15) is 38.2 Å². The standard InChI is InChI=1S/C14H26N4S/c1-10(2)9-18(8-7-17(3)4)14-12(11-5-6-11)13(15)16-19-14/h10-11H,5-9H2,1-4H3,(H2,15,16). The van der Waals surface area contributed by atoms with E-state index in [1.165, 1.54) is 23.4 Å². The van der Waals surface area contributed by atoms with Crippen LogP contribution in [-0.4, -0.2) is 43.0 Å². The van der Waals surface area contributed by atoms with E-state index in [1.807, 2.05) is 0 Å². The first-order chi connectivity index (χ1) is 8.99. The summed E-state index contributed by atoms with van der Waals surface area (Å²) in [5.41, 5.74) is 7.39. The molecule has 0 unspecified atom stereocenters. The number of hydrogen-bond donors (Lipinski definition) is 1. The van der Waals surface area contributed by atoms with Crippen LogP contribution in [0.4, 0.5) is 10.8 Å². The Morgan fingerprint density at radius 3 is 2.53 bits per heavy atom. The van der Waals surface area contributed by atoms with Crippen LogP contribution in [0, 0.1) is 5.92 Å². The zero-order valence-electron chi connectivity index (χ0n) is 12.5. The highest BCUT2D eigenvalue weighted by molar-refractivity contribution is 7.10. The van der Waals surface area contributed by atoms with Crippen LogP contribution in [0.5, 0.6) is 0 Å². The van der Waals surface area contributed by atoms with Crippen molar-refractivity contribution < 1.29 is 0 Å². The predicted molar refractivity (Wildman–Crippen MR) is 84.1 cm³/mol. The SMILES string of the molecule is CC(C)CN(CCN(C)C)c1snc(N)c1C1CC1. The van der Waals surface area contributed by atoms with Crippen molar-refractivity contribution in [3.8, 4) is 0 Å². The van der Waals surface area contributed by atoms with Gasteiger partial charge in [-0.25, -0.2) is 0 Å². The summed E-state index contributed by atoms with van der Waals surface area (Å²) in [7, 11) is 4.24. The van der Waals surface area contributed by atoms with Gasteiger partial charge in [0.15, 0.2) is 0 Å².